The zero-order valence-corrected chi connectivity index (χ0v) is 30.3. The van der Waals surface area contributed by atoms with E-state index in [-0.39, 0.29) is 0 Å². The SMILES string of the molecule is C[Si](C)(C)O[Si](C)(C)O[Si](C)(C)CCCCCCCCCCc1ccc(-c2ccc(-c3ccc(C#N)cc3)cc2)cc1. The summed E-state index contributed by atoms with van der Waals surface area (Å²) in [4.78, 5) is 0. The van der Waals surface area contributed by atoms with E-state index in [9.17, 15) is 0 Å². The van der Waals surface area contributed by atoms with E-state index in [0.29, 0.717) is 5.56 Å². The molecule has 0 aliphatic rings. The van der Waals surface area contributed by atoms with Crippen molar-refractivity contribution in [2.45, 2.75) is 110 Å². The Morgan fingerprint density at radius 3 is 1.38 bits per heavy atom. The molecule has 3 aromatic carbocycles. The van der Waals surface area contributed by atoms with Crippen LogP contribution in [0.1, 0.15) is 62.5 Å². The molecular weight excluding hydrogens is 563 g/mol. The van der Waals surface area contributed by atoms with Gasteiger partial charge in [-0.25, -0.2) is 0 Å². The summed E-state index contributed by atoms with van der Waals surface area (Å²) >= 11 is 0. The van der Waals surface area contributed by atoms with Gasteiger partial charge < -0.3 is 8.23 Å². The molecule has 42 heavy (non-hydrogen) atoms. The maximum absolute atomic E-state index is 9.00. The molecule has 0 aromatic heterocycles. The second-order valence-corrected chi connectivity index (χ2v) is 26.4. The lowest BCUT2D eigenvalue weighted by molar-refractivity contribution is 0.390. The lowest BCUT2D eigenvalue weighted by Gasteiger charge is -2.37. The minimum Gasteiger partial charge on any atom is -0.437 e. The predicted octanol–water partition coefficient (Wildman–Crippen LogP) is 11.3. The second kappa shape index (κ2) is 16.0. The molecule has 0 saturated heterocycles. The quantitative estimate of drug-likeness (QED) is 0.112. The van der Waals surface area contributed by atoms with Gasteiger partial charge >= 0.3 is 8.56 Å². The monoisotopic (exact) mass is 615 g/mol. The molecule has 3 rings (SSSR count). The van der Waals surface area contributed by atoms with Crippen molar-refractivity contribution in [2.24, 2.45) is 0 Å². The zero-order valence-electron chi connectivity index (χ0n) is 27.3. The number of hydrogen-bond donors (Lipinski definition) is 0. The van der Waals surface area contributed by atoms with Crippen LogP contribution in [-0.2, 0) is 14.7 Å². The molecule has 226 valence electrons. The highest BCUT2D eigenvalue weighted by molar-refractivity contribution is 6.87. The van der Waals surface area contributed by atoms with Gasteiger partial charge in [0.2, 0.25) is 0 Å². The molecule has 0 aliphatic heterocycles. The summed E-state index contributed by atoms with van der Waals surface area (Å²) in [6.45, 7) is 16.0. The number of rotatable bonds is 17. The molecule has 0 atom stereocenters. The Morgan fingerprint density at radius 2 is 0.929 bits per heavy atom. The van der Waals surface area contributed by atoms with Crippen molar-refractivity contribution in [2.75, 3.05) is 0 Å². The van der Waals surface area contributed by atoms with Crippen LogP contribution in [0.25, 0.3) is 22.3 Å². The third-order valence-electron chi connectivity index (χ3n) is 7.59. The van der Waals surface area contributed by atoms with Gasteiger partial charge in [-0.15, -0.1) is 0 Å². The summed E-state index contributed by atoms with van der Waals surface area (Å²) < 4.78 is 13.1. The second-order valence-electron chi connectivity index (χ2n) is 13.8. The standard InChI is InChI=1S/C36H53NO2Si3/c1-40(2,3)38-42(6,7)39-41(4,5)29-15-13-11-9-8-10-12-14-16-31-17-21-33(22-18-31)35-25-27-36(28-26-35)34-23-19-32(30-37)20-24-34/h17-28H,8-16,29H2,1-7H3. The van der Waals surface area contributed by atoms with Gasteiger partial charge in [-0.2, -0.15) is 5.26 Å². The summed E-state index contributed by atoms with van der Waals surface area (Å²) in [6, 6.07) is 29.0. The van der Waals surface area contributed by atoms with Crippen LogP contribution in [0.15, 0.2) is 72.8 Å². The Morgan fingerprint density at radius 1 is 0.524 bits per heavy atom. The highest BCUT2D eigenvalue weighted by Crippen LogP contribution is 2.27. The van der Waals surface area contributed by atoms with Crippen LogP contribution in [0.2, 0.25) is 51.9 Å². The first-order chi connectivity index (χ1) is 19.9. The van der Waals surface area contributed by atoms with E-state index in [1.54, 1.807) is 0 Å². The average molecular weight is 616 g/mol. The molecule has 3 aromatic rings. The Hall–Kier alpha value is -2.28. The van der Waals surface area contributed by atoms with Crippen LogP contribution in [0.3, 0.4) is 0 Å². The Balaban J connectivity index is 1.27. The van der Waals surface area contributed by atoms with Crippen LogP contribution in [0, 0.1) is 11.3 Å². The molecule has 3 nitrogen and oxygen atoms in total. The largest absolute Gasteiger partial charge is 0.437 e. The minimum absolute atomic E-state index is 0.693. The Labute approximate surface area is 259 Å². The van der Waals surface area contributed by atoms with Crippen LogP contribution in [-0.4, -0.2) is 25.2 Å². The van der Waals surface area contributed by atoms with E-state index in [1.165, 1.54) is 86.1 Å². The summed E-state index contributed by atoms with van der Waals surface area (Å²) in [7, 11) is -5.21. The molecule has 0 heterocycles. The van der Waals surface area contributed by atoms with Crippen molar-refractivity contribution >= 4 is 25.2 Å². The number of benzene rings is 3. The van der Waals surface area contributed by atoms with Gasteiger partial charge in [0.25, 0.3) is 0 Å². The van der Waals surface area contributed by atoms with Gasteiger partial charge in [0.05, 0.1) is 11.6 Å². The molecule has 0 radical (unpaired) electrons. The van der Waals surface area contributed by atoms with Gasteiger partial charge in [-0.1, -0.05) is 106 Å². The highest BCUT2D eigenvalue weighted by Gasteiger charge is 2.37. The first-order valence-electron chi connectivity index (χ1n) is 16.0. The molecule has 0 bridgehead atoms. The van der Waals surface area contributed by atoms with Gasteiger partial charge in [-0.05, 0) is 105 Å². The third-order valence-corrected chi connectivity index (χ3v) is 17.7. The molecular formula is C36H53NO2Si3. The number of nitriles is 1. The fourth-order valence-electron chi connectivity index (χ4n) is 5.87. The number of hydrogen-bond acceptors (Lipinski definition) is 3. The maximum atomic E-state index is 9.00. The van der Waals surface area contributed by atoms with Crippen LogP contribution in [0.5, 0.6) is 0 Å². The maximum Gasteiger partial charge on any atom is 0.311 e. The first kappa shape index (κ1) is 34.2. The van der Waals surface area contributed by atoms with Gasteiger partial charge in [0.1, 0.15) is 0 Å². The zero-order chi connectivity index (χ0) is 30.6. The van der Waals surface area contributed by atoms with Crippen LogP contribution < -0.4 is 0 Å². The third kappa shape index (κ3) is 12.5. The van der Waals surface area contributed by atoms with Gasteiger partial charge in [0.15, 0.2) is 16.6 Å². The predicted molar refractivity (Wildman–Crippen MR) is 188 cm³/mol. The van der Waals surface area contributed by atoms with Gasteiger partial charge in [-0.3, -0.25) is 0 Å². The molecule has 0 N–H and O–H groups in total. The van der Waals surface area contributed by atoms with Crippen molar-refractivity contribution < 1.29 is 8.23 Å². The Bertz CT molecular complexity index is 1260. The normalized spacial score (nSPS) is 12.3. The van der Waals surface area contributed by atoms with Crippen molar-refractivity contribution in [3.63, 3.8) is 0 Å². The van der Waals surface area contributed by atoms with Crippen LogP contribution >= 0.6 is 0 Å². The average Bonchev–Trinajstić information content (AvgIpc) is 2.92. The van der Waals surface area contributed by atoms with Gasteiger partial charge in [0, 0.05) is 0 Å². The molecule has 6 heteroatoms. The smallest absolute Gasteiger partial charge is 0.311 e. The van der Waals surface area contributed by atoms with Crippen molar-refractivity contribution in [1.82, 2.24) is 0 Å². The summed E-state index contributed by atoms with van der Waals surface area (Å²) in [5.41, 5.74) is 6.93. The van der Waals surface area contributed by atoms with E-state index in [1.807, 2.05) is 24.3 Å². The van der Waals surface area contributed by atoms with Crippen molar-refractivity contribution in [3.05, 3.63) is 83.9 Å². The summed E-state index contributed by atoms with van der Waals surface area (Å²) in [6.07, 6.45) is 11.8. The molecule has 0 unspecified atom stereocenters. The first-order valence-corrected chi connectivity index (χ1v) is 25.3. The van der Waals surface area contributed by atoms with E-state index >= 15 is 0 Å². The summed E-state index contributed by atoms with van der Waals surface area (Å²) in [5, 5.41) is 9.00. The number of nitrogens with zero attached hydrogens (tertiary/aromatic N) is 1. The van der Waals surface area contributed by atoms with Crippen molar-refractivity contribution in [3.8, 4) is 28.3 Å². The van der Waals surface area contributed by atoms with E-state index in [4.69, 9.17) is 13.5 Å². The van der Waals surface area contributed by atoms with Crippen molar-refractivity contribution in [1.29, 1.82) is 5.26 Å². The molecule has 0 saturated carbocycles. The molecule has 0 spiro atoms. The molecule has 0 amide bonds. The highest BCUT2D eigenvalue weighted by atomic mass is 28.5. The summed E-state index contributed by atoms with van der Waals surface area (Å²) in [5.74, 6) is 0. The molecule has 0 fully saturated rings. The number of unbranched alkanes of at least 4 members (excludes halogenated alkanes) is 7. The lowest BCUT2D eigenvalue weighted by Crippen LogP contribution is -2.51. The lowest BCUT2D eigenvalue weighted by atomic mass is 9.98. The topological polar surface area (TPSA) is 42.2 Å². The van der Waals surface area contributed by atoms with E-state index in [0.717, 1.165) is 5.56 Å². The Kier molecular flexibility index (Phi) is 13.0. The van der Waals surface area contributed by atoms with Crippen LogP contribution in [0.4, 0.5) is 0 Å². The fourth-order valence-corrected chi connectivity index (χ4v) is 19.1. The fraction of sp³-hybridized carbons (Fsp3) is 0.472. The number of aryl methyl sites for hydroxylation is 1. The minimum atomic E-state index is -2.01. The van der Waals surface area contributed by atoms with E-state index in [2.05, 4.69) is 100 Å². The molecule has 0 aliphatic carbocycles. The van der Waals surface area contributed by atoms with E-state index < -0.39 is 25.2 Å².